The molecule has 3 N–H and O–H groups in total. The highest BCUT2D eigenvalue weighted by atomic mass is 16.5. The van der Waals surface area contributed by atoms with Crippen LogP contribution >= 0.6 is 0 Å². The first-order chi connectivity index (χ1) is 22.1. The van der Waals surface area contributed by atoms with Crippen molar-refractivity contribution in [2.24, 2.45) is 0 Å². The van der Waals surface area contributed by atoms with Crippen LogP contribution in [0.5, 0.6) is 5.75 Å². The van der Waals surface area contributed by atoms with Crippen molar-refractivity contribution in [3.8, 4) is 5.75 Å². The van der Waals surface area contributed by atoms with Crippen LogP contribution in [-0.4, -0.2) is 47.1 Å². The zero-order chi connectivity index (χ0) is 32.7. The minimum absolute atomic E-state index is 0.119. The summed E-state index contributed by atoms with van der Waals surface area (Å²) >= 11 is 0. The van der Waals surface area contributed by atoms with E-state index in [-0.39, 0.29) is 36.4 Å². The molecule has 0 bridgehead atoms. The van der Waals surface area contributed by atoms with Crippen LogP contribution in [0.25, 0.3) is 0 Å². The first-order valence-electron chi connectivity index (χ1n) is 15.7. The van der Waals surface area contributed by atoms with Gasteiger partial charge in [-0.2, -0.15) is 0 Å². The van der Waals surface area contributed by atoms with Crippen LogP contribution in [0.2, 0.25) is 0 Å². The molecule has 0 fully saturated rings. The van der Waals surface area contributed by atoms with Crippen LogP contribution in [0.15, 0.2) is 97.1 Å². The summed E-state index contributed by atoms with van der Waals surface area (Å²) in [6.45, 7) is 6.69. The van der Waals surface area contributed by atoms with E-state index >= 15 is 0 Å². The number of aryl methyl sites for hydroxylation is 2. The van der Waals surface area contributed by atoms with Crippen molar-refractivity contribution in [1.29, 1.82) is 0 Å². The van der Waals surface area contributed by atoms with Gasteiger partial charge in [0.1, 0.15) is 11.9 Å². The molecule has 1 heterocycles. The summed E-state index contributed by atoms with van der Waals surface area (Å²) in [5.74, 6) is -0.626. The van der Waals surface area contributed by atoms with E-state index in [4.69, 9.17) is 4.74 Å². The number of carboxylic acid groups (broad SMARTS) is 1. The van der Waals surface area contributed by atoms with E-state index in [1.54, 1.807) is 4.90 Å². The van der Waals surface area contributed by atoms with Crippen molar-refractivity contribution in [1.82, 2.24) is 4.90 Å². The van der Waals surface area contributed by atoms with Gasteiger partial charge in [-0.25, -0.2) is 4.79 Å². The Bertz CT molecular complexity index is 1680. The van der Waals surface area contributed by atoms with Crippen molar-refractivity contribution in [2.75, 3.05) is 23.7 Å². The van der Waals surface area contributed by atoms with Gasteiger partial charge in [-0.1, -0.05) is 80.6 Å². The lowest BCUT2D eigenvalue weighted by Gasteiger charge is -2.27. The third kappa shape index (κ3) is 8.33. The quantitative estimate of drug-likeness (QED) is 0.161. The van der Waals surface area contributed by atoms with E-state index in [0.29, 0.717) is 30.0 Å². The smallest absolute Gasteiger partial charge is 0.323 e. The second-order valence-corrected chi connectivity index (χ2v) is 12.5. The molecule has 8 heteroatoms. The molecule has 4 aromatic rings. The molecule has 1 unspecified atom stereocenters. The normalized spacial score (nSPS) is 14.5. The molecule has 1 aliphatic rings. The number of carbonyl (C=O) groups excluding carboxylic acids is 2. The van der Waals surface area contributed by atoms with Gasteiger partial charge in [-0.15, -0.1) is 0 Å². The van der Waals surface area contributed by atoms with E-state index < -0.39 is 5.97 Å². The van der Waals surface area contributed by atoms with Gasteiger partial charge in [0, 0.05) is 24.3 Å². The predicted molar refractivity (Wildman–Crippen MR) is 181 cm³/mol. The molecule has 0 saturated carbocycles. The molecular weight excluding hydrogens is 578 g/mol. The molecule has 0 saturated heterocycles. The van der Waals surface area contributed by atoms with Crippen molar-refractivity contribution in [2.45, 2.75) is 58.0 Å². The van der Waals surface area contributed by atoms with Crippen LogP contribution in [0.4, 0.5) is 16.2 Å². The monoisotopic (exact) mass is 619 g/mol. The van der Waals surface area contributed by atoms with E-state index in [1.807, 2.05) is 104 Å². The number of anilines is 2. The lowest BCUT2D eigenvalue weighted by atomic mass is 9.79. The number of carboxylic acids is 1. The zero-order valence-electron chi connectivity index (χ0n) is 26.6. The summed E-state index contributed by atoms with van der Waals surface area (Å²) in [5.41, 5.74) is 5.90. The molecule has 238 valence electrons. The molecule has 8 nitrogen and oxygen atoms in total. The number of hydrogen-bond donors (Lipinski definition) is 3. The number of ether oxygens (including phenoxy) is 1. The van der Waals surface area contributed by atoms with Crippen molar-refractivity contribution < 1.29 is 24.2 Å². The Morgan fingerprint density at radius 3 is 2.35 bits per heavy atom. The average molecular weight is 620 g/mol. The number of benzene rings is 4. The number of carbonyl (C=O) groups is 3. The predicted octanol–water partition coefficient (Wildman–Crippen LogP) is 7.47. The Balaban J connectivity index is 1.26. The Morgan fingerprint density at radius 1 is 0.913 bits per heavy atom. The summed E-state index contributed by atoms with van der Waals surface area (Å²) in [6.07, 6.45) is 1.80. The third-order valence-electron chi connectivity index (χ3n) is 8.54. The molecule has 46 heavy (non-hydrogen) atoms. The maximum absolute atomic E-state index is 13.8. The first-order valence-corrected chi connectivity index (χ1v) is 15.7. The lowest BCUT2D eigenvalue weighted by molar-refractivity contribution is -0.137. The number of para-hydroxylation sites is 1. The molecule has 4 aromatic carbocycles. The Kier molecular flexibility index (Phi) is 10.1. The zero-order valence-corrected chi connectivity index (χ0v) is 26.6. The topological polar surface area (TPSA) is 108 Å². The largest absolute Gasteiger partial charge is 0.487 e. The average Bonchev–Trinajstić information content (AvgIpc) is 3.16. The fourth-order valence-electron chi connectivity index (χ4n) is 5.70. The standard InChI is InChI=1S/C38H41N3O5/c1-26-9-7-8-12-33(26)40-37(45)39-30-16-13-27(14-17-30)19-21-38(2,3)29-15-18-34-32(24-29)36(44)41(22-20-35(42)43)25-31(46-34)23-28-10-5-4-6-11-28/h4-18,24,31H,19-23,25H2,1-3H3,(H,42,43)(H2,39,40,45). The number of fused-ring (bicyclic) bond motifs is 1. The van der Waals surface area contributed by atoms with Gasteiger partial charge in [0.15, 0.2) is 0 Å². The molecule has 0 spiro atoms. The minimum atomic E-state index is -0.943. The lowest BCUT2D eigenvalue weighted by Crippen LogP contribution is -2.39. The highest BCUT2D eigenvalue weighted by molar-refractivity contribution is 6.00. The van der Waals surface area contributed by atoms with E-state index in [9.17, 15) is 19.5 Å². The summed E-state index contributed by atoms with van der Waals surface area (Å²) in [4.78, 5) is 39.2. The fraction of sp³-hybridized carbons (Fsp3) is 0.289. The number of nitrogens with zero attached hydrogens (tertiary/aromatic N) is 1. The second kappa shape index (κ2) is 14.3. The van der Waals surface area contributed by atoms with E-state index in [1.165, 1.54) is 0 Å². The maximum atomic E-state index is 13.8. The van der Waals surface area contributed by atoms with Gasteiger partial charge in [0.25, 0.3) is 5.91 Å². The minimum Gasteiger partial charge on any atom is -0.487 e. The molecule has 0 aliphatic carbocycles. The number of aliphatic carboxylic acids is 1. The SMILES string of the molecule is Cc1ccccc1NC(=O)Nc1ccc(CCC(C)(C)c2ccc3c(c2)C(=O)N(CCC(=O)O)CC(Cc2ccccc2)O3)cc1. The molecule has 5 rings (SSSR count). The van der Waals surface area contributed by atoms with Crippen LogP contribution < -0.4 is 15.4 Å². The van der Waals surface area contributed by atoms with E-state index in [0.717, 1.165) is 40.8 Å². The second-order valence-electron chi connectivity index (χ2n) is 12.5. The van der Waals surface area contributed by atoms with Crippen LogP contribution in [0, 0.1) is 6.92 Å². The summed E-state index contributed by atoms with van der Waals surface area (Å²) in [5, 5.41) is 15.1. The van der Waals surface area contributed by atoms with Crippen molar-refractivity contribution in [3.05, 3.63) is 125 Å². The van der Waals surface area contributed by atoms with Gasteiger partial charge in [0.2, 0.25) is 0 Å². The van der Waals surface area contributed by atoms with Crippen molar-refractivity contribution in [3.63, 3.8) is 0 Å². The summed E-state index contributed by atoms with van der Waals surface area (Å²) in [6, 6.07) is 30.9. The summed E-state index contributed by atoms with van der Waals surface area (Å²) < 4.78 is 6.40. The molecule has 1 atom stereocenters. The number of rotatable bonds is 11. The molecule has 0 aromatic heterocycles. The Morgan fingerprint density at radius 2 is 1.63 bits per heavy atom. The molecule has 0 radical (unpaired) electrons. The molecular formula is C38H41N3O5. The molecule has 3 amide bonds. The fourth-order valence-corrected chi connectivity index (χ4v) is 5.70. The van der Waals surface area contributed by atoms with E-state index in [2.05, 4.69) is 24.5 Å². The highest BCUT2D eigenvalue weighted by Gasteiger charge is 2.31. The van der Waals surface area contributed by atoms with Crippen LogP contribution in [0.3, 0.4) is 0 Å². The van der Waals surface area contributed by atoms with Crippen LogP contribution in [0.1, 0.15) is 59.3 Å². The first kappa shape index (κ1) is 32.3. The highest BCUT2D eigenvalue weighted by Crippen LogP contribution is 2.35. The number of amides is 3. The van der Waals surface area contributed by atoms with Crippen molar-refractivity contribution >= 4 is 29.3 Å². The van der Waals surface area contributed by atoms with Gasteiger partial charge in [0.05, 0.1) is 18.5 Å². The number of hydrogen-bond acceptors (Lipinski definition) is 4. The third-order valence-corrected chi connectivity index (χ3v) is 8.54. The maximum Gasteiger partial charge on any atom is 0.323 e. The molecule has 1 aliphatic heterocycles. The Hall–Kier alpha value is -5.11. The Labute approximate surface area is 270 Å². The number of urea groups is 1. The van der Waals surface area contributed by atoms with Gasteiger partial charge in [-0.3, -0.25) is 9.59 Å². The van der Waals surface area contributed by atoms with Gasteiger partial charge >= 0.3 is 12.0 Å². The van der Waals surface area contributed by atoms with Gasteiger partial charge < -0.3 is 25.4 Å². The summed E-state index contributed by atoms with van der Waals surface area (Å²) in [7, 11) is 0. The van der Waals surface area contributed by atoms with Crippen LogP contribution in [-0.2, 0) is 23.1 Å². The van der Waals surface area contributed by atoms with Gasteiger partial charge in [-0.05, 0) is 77.8 Å². The number of nitrogens with one attached hydrogen (secondary N) is 2.